The fraction of sp³-hybridized carbons (Fsp3) is 0.143. The first-order valence-electron chi connectivity index (χ1n) is 4.38. The number of nitrogens with zero attached hydrogens (tertiary/aromatic N) is 2. The molecule has 9 heteroatoms. The molecule has 0 aromatic carbocycles. The zero-order valence-electron chi connectivity index (χ0n) is 8.14. The van der Waals surface area contributed by atoms with Crippen molar-refractivity contribution in [3.05, 3.63) is 24.0 Å². The van der Waals surface area contributed by atoms with Crippen LogP contribution in [0.3, 0.4) is 0 Å². The van der Waals surface area contributed by atoms with Crippen LogP contribution in [0.25, 0.3) is 0 Å². The lowest BCUT2D eigenvalue weighted by Crippen LogP contribution is -2.15. The Bertz CT molecular complexity index is 557. The molecule has 2 aromatic heterocycles. The zero-order valence-corrected chi connectivity index (χ0v) is 8.95. The number of anilines is 1. The van der Waals surface area contributed by atoms with Gasteiger partial charge in [0.15, 0.2) is 5.03 Å². The summed E-state index contributed by atoms with van der Waals surface area (Å²) in [6, 6.07) is 1.35. The number of nitrogens with two attached hydrogens (primary N) is 1. The summed E-state index contributed by atoms with van der Waals surface area (Å²) < 4.78 is 25.8. The van der Waals surface area contributed by atoms with E-state index in [-0.39, 0.29) is 17.4 Å². The summed E-state index contributed by atoms with van der Waals surface area (Å²) in [5, 5.41) is 12.1. The van der Waals surface area contributed by atoms with E-state index >= 15 is 0 Å². The monoisotopic (exact) mass is 242 g/mol. The average Bonchev–Trinajstić information content (AvgIpc) is 2.86. The standard InChI is InChI=1S/C7H10N6O2S/c8-3-5-4-10-12-7(5)13-16(14,15)6-1-2-9-11-6/h1-2,4H,3,8H2,(H,9,11)(H2,10,12,13). The van der Waals surface area contributed by atoms with Crippen LogP contribution in [0.15, 0.2) is 23.5 Å². The Morgan fingerprint density at radius 2 is 2.19 bits per heavy atom. The number of hydrogen-bond acceptors (Lipinski definition) is 5. The molecule has 86 valence electrons. The maximum absolute atomic E-state index is 11.8. The second-order valence-electron chi connectivity index (χ2n) is 3.00. The molecule has 8 nitrogen and oxygen atoms in total. The van der Waals surface area contributed by atoms with Crippen LogP contribution in [0.4, 0.5) is 5.82 Å². The van der Waals surface area contributed by atoms with Gasteiger partial charge in [-0.25, -0.2) is 0 Å². The summed E-state index contributed by atoms with van der Waals surface area (Å²) in [6.07, 6.45) is 2.82. The molecule has 0 saturated carbocycles. The fourth-order valence-corrected chi connectivity index (χ4v) is 2.10. The van der Waals surface area contributed by atoms with Gasteiger partial charge in [-0.3, -0.25) is 14.9 Å². The molecule has 0 saturated heterocycles. The Morgan fingerprint density at radius 1 is 1.38 bits per heavy atom. The average molecular weight is 242 g/mol. The van der Waals surface area contributed by atoms with Crippen molar-refractivity contribution in [1.29, 1.82) is 0 Å². The van der Waals surface area contributed by atoms with Gasteiger partial charge in [-0.15, -0.1) is 0 Å². The largest absolute Gasteiger partial charge is 0.326 e. The van der Waals surface area contributed by atoms with Gasteiger partial charge in [-0.1, -0.05) is 0 Å². The number of aromatic amines is 2. The van der Waals surface area contributed by atoms with E-state index in [1.54, 1.807) is 0 Å². The molecule has 0 amide bonds. The predicted molar refractivity (Wildman–Crippen MR) is 55.9 cm³/mol. The smallest absolute Gasteiger partial charge is 0.279 e. The normalized spacial score (nSPS) is 11.6. The van der Waals surface area contributed by atoms with E-state index in [0.29, 0.717) is 5.56 Å². The lowest BCUT2D eigenvalue weighted by atomic mass is 10.3. The van der Waals surface area contributed by atoms with Gasteiger partial charge in [-0.05, 0) is 6.07 Å². The second-order valence-corrected chi connectivity index (χ2v) is 4.65. The maximum atomic E-state index is 11.8. The number of rotatable bonds is 4. The molecular weight excluding hydrogens is 232 g/mol. The first-order chi connectivity index (χ1) is 7.63. The molecule has 2 heterocycles. The zero-order chi connectivity index (χ0) is 11.6. The third-order valence-electron chi connectivity index (χ3n) is 1.94. The van der Waals surface area contributed by atoms with Gasteiger partial charge >= 0.3 is 0 Å². The van der Waals surface area contributed by atoms with Crippen molar-refractivity contribution in [2.24, 2.45) is 5.73 Å². The highest BCUT2D eigenvalue weighted by Gasteiger charge is 2.17. The van der Waals surface area contributed by atoms with Crippen LogP contribution in [0.1, 0.15) is 5.56 Å². The Balaban J connectivity index is 2.29. The molecule has 0 aliphatic carbocycles. The van der Waals surface area contributed by atoms with Gasteiger partial charge in [0.05, 0.1) is 12.4 Å². The van der Waals surface area contributed by atoms with Crippen molar-refractivity contribution in [1.82, 2.24) is 20.4 Å². The SMILES string of the molecule is NCc1cn[nH]c1NS(=O)(=O)c1ccn[nH]1. The summed E-state index contributed by atoms with van der Waals surface area (Å²) >= 11 is 0. The molecule has 0 unspecified atom stereocenters. The highest BCUT2D eigenvalue weighted by Crippen LogP contribution is 2.15. The lowest BCUT2D eigenvalue weighted by Gasteiger charge is -2.04. The summed E-state index contributed by atoms with van der Waals surface area (Å²) in [5.41, 5.74) is 6.00. The van der Waals surface area contributed by atoms with E-state index < -0.39 is 10.0 Å². The van der Waals surface area contributed by atoms with Gasteiger partial charge in [0.2, 0.25) is 0 Å². The van der Waals surface area contributed by atoms with E-state index in [9.17, 15) is 8.42 Å². The number of hydrogen-bond donors (Lipinski definition) is 4. The predicted octanol–water partition coefficient (Wildman–Crippen LogP) is -0.608. The molecule has 2 rings (SSSR count). The molecule has 0 radical (unpaired) electrons. The van der Waals surface area contributed by atoms with Gasteiger partial charge < -0.3 is 5.73 Å². The Labute approximate surface area is 91.3 Å². The summed E-state index contributed by atoms with van der Waals surface area (Å²) in [4.78, 5) is 0. The third-order valence-corrected chi connectivity index (χ3v) is 3.22. The van der Waals surface area contributed by atoms with Crippen molar-refractivity contribution in [2.75, 3.05) is 4.72 Å². The third kappa shape index (κ3) is 1.90. The molecule has 16 heavy (non-hydrogen) atoms. The highest BCUT2D eigenvalue weighted by atomic mass is 32.2. The van der Waals surface area contributed by atoms with Crippen LogP contribution in [0.5, 0.6) is 0 Å². The van der Waals surface area contributed by atoms with E-state index in [4.69, 9.17) is 5.73 Å². The molecule has 5 N–H and O–H groups in total. The molecule has 0 fully saturated rings. The molecule has 0 spiro atoms. The van der Waals surface area contributed by atoms with E-state index in [2.05, 4.69) is 25.1 Å². The summed E-state index contributed by atoms with van der Waals surface area (Å²) in [5.74, 6) is 0.261. The van der Waals surface area contributed by atoms with Gasteiger partial charge in [0, 0.05) is 12.1 Å². The van der Waals surface area contributed by atoms with Crippen molar-refractivity contribution in [3.8, 4) is 0 Å². The van der Waals surface area contributed by atoms with Crippen molar-refractivity contribution in [3.63, 3.8) is 0 Å². The van der Waals surface area contributed by atoms with E-state index in [0.717, 1.165) is 0 Å². The van der Waals surface area contributed by atoms with Crippen LogP contribution >= 0.6 is 0 Å². The Morgan fingerprint density at radius 3 is 2.81 bits per heavy atom. The van der Waals surface area contributed by atoms with Crippen LogP contribution < -0.4 is 10.5 Å². The topological polar surface area (TPSA) is 130 Å². The first kappa shape index (κ1) is 10.6. The minimum atomic E-state index is -3.67. The minimum absolute atomic E-state index is 0.0231. The van der Waals surface area contributed by atoms with Crippen molar-refractivity contribution >= 4 is 15.8 Å². The summed E-state index contributed by atoms with van der Waals surface area (Å²) in [7, 11) is -3.67. The van der Waals surface area contributed by atoms with Crippen molar-refractivity contribution < 1.29 is 8.42 Å². The first-order valence-corrected chi connectivity index (χ1v) is 5.86. The van der Waals surface area contributed by atoms with Crippen LogP contribution in [0.2, 0.25) is 0 Å². The number of sulfonamides is 1. The summed E-state index contributed by atoms with van der Waals surface area (Å²) in [6.45, 7) is 0.192. The highest BCUT2D eigenvalue weighted by molar-refractivity contribution is 7.92. The molecule has 0 aliphatic heterocycles. The van der Waals surface area contributed by atoms with Crippen LogP contribution in [-0.4, -0.2) is 28.8 Å². The molecule has 2 aromatic rings. The van der Waals surface area contributed by atoms with Gasteiger partial charge in [0.1, 0.15) is 5.82 Å². The van der Waals surface area contributed by atoms with Gasteiger partial charge in [0.25, 0.3) is 10.0 Å². The molecular formula is C7H10N6O2S. The van der Waals surface area contributed by atoms with Crippen molar-refractivity contribution in [2.45, 2.75) is 11.6 Å². The van der Waals surface area contributed by atoms with Gasteiger partial charge in [-0.2, -0.15) is 18.6 Å². The van der Waals surface area contributed by atoms with Crippen LogP contribution in [-0.2, 0) is 16.6 Å². The van der Waals surface area contributed by atoms with E-state index in [1.807, 2.05) is 0 Å². The molecule has 0 bridgehead atoms. The second kappa shape index (κ2) is 3.94. The van der Waals surface area contributed by atoms with Crippen LogP contribution in [0, 0.1) is 0 Å². The quantitative estimate of drug-likeness (QED) is 0.568. The molecule has 0 aliphatic rings. The number of nitrogens with one attached hydrogen (secondary N) is 3. The fourth-order valence-electron chi connectivity index (χ4n) is 1.14. The molecule has 0 atom stereocenters. The number of H-pyrrole nitrogens is 2. The lowest BCUT2D eigenvalue weighted by molar-refractivity contribution is 0.597. The maximum Gasteiger partial charge on any atom is 0.279 e. The Hall–Kier alpha value is -1.87. The van der Waals surface area contributed by atoms with E-state index in [1.165, 1.54) is 18.5 Å². The Kier molecular flexibility index (Phi) is 2.62. The number of aromatic nitrogens is 4. The minimum Gasteiger partial charge on any atom is -0.326 e.